The van der Waals surface area contributed by atoms with E-state index in [1.807, 2.05) is 54.6 Å². The molecule has 6 heteroatoms. The summed E-state index contributed by atoms with van der Waals surface area (Å²) in [6.07, 6.45) is 1.82. The number of benzene rings is 2. The largest absolute Gasteiger partial charge is 0.460 e. The van der Waals surface area contributed by atoms with E-state index in [0.29, 0.717) is 12.8 Å². The molecule has 0 aliphatic carbocycles. The molecule has 0 saturated heterocycles. The fourth-order valence-electron chi connectivity index (χ4n) is 2.48. The van der Waals surface area contributed by atoms with Crippen molar-refractivity contribution in [3.63, 3.8) is 0 Å². The van der Waals surface area contributed by atoms with E-state index in [-0.39, 0.29) is 19.1 Å². The first-order chi connectivity index (χ1) is 12.7. The lowest BCUT2D eigenvalue weighted by molar-refractivity contribution is -0.145. The zero-order valence-electron chi connectivity index (χ0n) is 14.3. The predicted octanol–water partition coefficient (Wildman–Crippen LogP) is 3.48. The number of hydrogen-bond donors (Lipinski definition) is 1. The van der Waals surface area contributed by atoms with E-state index in [2.05, 4.69) is 10.3 Å². The molecule has 0 spiro atoms. The lowest BCUT2D eigenvalue weighted by Crippen LogP contribution is -2.30. The Labute approximate surface area is 156 Å². The topological polar surface area (TPSA) is 68.3 Å². The second-order valence-corrected chi connectivity index (χ2v) is 6.97. The van der Waals surface area contributed by atoms with Gasteiger partial charge in [0.2, 0.25) is 5.91 Å². The summed E-state index contributed by atoms with van der Waals surface area (Å²) in [4.78, 5) is 28.1. The number of fused-ring (bicyclic) bond motifs is 1. The standard InChI is InChI=1S/C20H20N2O3S/c23-18(21-13-20(24)25-14-15-7-2-1-3-8-15)11-6-12-19-22-16-9-4-5-10-17(16)26-19/h1-5,7-10H,6,11-14H2,(H,21,23). The van der Waals surface area contributed by atoms with Gasteiger partial charge in [-0.05, 0) is 30.5 Å². The van der Waals surface area contributed by atoms with Crippen molar-refractivity contribution in [3.8, 4) is 0 Å². The van der Waals surface area contributed by atoms with E-state index in [4.69, 9.17) is 4.74 Å². The average Bonchev–Trinajstić information content (AvgIpc) is 3.08. The molecule has 2 aromatic carbocycles. The summed E-state index contributed by atoms with van der Waals surface area (Å²) >= 11 is 1.65. The van der Waals surface area contributed by atoms with Crippen LogP contribution in [-0.2, 0) is 27.4 Å². The van der Waals surface area contributed by atoms with Crippen LogP contribution in [-0.4, -0.2) is 23.4 Å². The molecular formula is C20H20N2O3S. The summed E-state index contributed by atoms with van der Waals surface area (Å²) in [5, 5.41) is 3.63. The predicted molar refractivity (Wildman–Crippen MR) is 102 cm³/mol. The minimum absolute atomic E-state index is 0.104. The van der Waals surface area contributed by atoms with Gasteiger partial charge in [-0.3, -0.25) is 9.59 Å². The number of aromatic nitrogens is 1. The van der Waals surface area contributed by atoms with Gasteiger partial charge in [0.15, 0.2) is 0 Å². The van der Waals surface area contributed by atoms with Crippen LogP contribution in [0.2, 0.25) is 0 Å². The lowest BCUT2D eigenvalue weighted by Gasteiger charge is -2.06. The van der Waals surface area contributed by atoms with Crippen molar-refractivity contribution < 1.29 is 14.3 Å². The number of carbonyl (C=O) groups is 2. The Balaban J connectivity index is 1.33. The fraction of sp³-hybridized carbons (Fsp3) is 0.250. The number of hydrogen-bond acceptors (Lipinski definition) is 5. The molecule has 0 atom stereocenters. The van der Waals surface area contributed by atoms with Crippen LogP contribution in [0.3, 0.4) is 0 Å². The van der Waals surface area contributed by atoms with Gasteiger partial charge in [-0.1, -0.05) is 42.5 Å². The molecule has 0 aliphatic rings. The molecule has 3 rings (SSSR count). The molecule has 0 bridgehead atoms. The van der Waals surface area contributed by atoms with Crippen LogP contribution in [0.25, 0.3) is 10.2 Å². The number of thiazole rings is 1. The minimum Gasteiger partial charge on any atom is -0.460 e. The first kappa shape index (κ1) is 18.1. The highest BCUT2D eigenvalue weighted by Crippen LogP contribution is 2.22. The van der Waals surface area contributed by atoms with Crippen LogP contribution in [0.1, 0.15) is 23.4 Å². The second kappa shape index (κ2) is 9.10. The van der Waals surface area contributed by atoms with E-state index in [0.717, 1.165) is 27.2 Å². The third-order valence-electron chi connectivity index (χ3n) is 3.81. The first-order valence-corrected chi connectivity index (χ1v) is 9.33. The Bertz CT molecular complexity index is 844. The van der Waals surface area contributed by atoms with Crippen LogP contribution in [0.15, 0.2) is 54.6 Å². The van der Waals surface area contributed by atoms with E-state index in [1.54, 1.807) is 11.3 Å². The molecule has 0 aliphatic heterocycles. The van der Waals surface area contributed by atoms with Crippen molar-refractivity contribution in [2.45, 2.75) is 25.9 Å². The zero-order chi connectivity index (χ0) is 18.2. The summed E-state index contributed by atoms with van der Waals surface area (Å²) in [5.74, 6) is -0.587. The molecule has 5 nitrogen and oxygen atoms in total. The molecule has 0 saturated carbocycles. The molecule has 0 fully saturated rings. The monoisotopic (exact) mass is 368 g/mol. The number of nitrogens with zero attached hydrogens (tertiary/aromatic N) is 1. The molecule has 3 aromatic rings. The van der Waals surface area contributed by atoms with Crippen molar-refractivity contribution in [1.29, 1.82) is 0 Å². The van der Waals surface area contributed by atoms with Gasteiger partial charge in [-0.25, -0.2) is 4.98 Å². The van der Waals surface area contributed by atoms with Gasteiger partial charge < -0.3 is 10.1 Å². The summed E-state index contributed by atoms with van der Waals surface area (Å²) in [5.41, 5.74) is 1.92. The van der Waals surface area contributed by atoms with Gasteiger partial charge >= 0.3 is 5.97 Å². The Kier molecular flexibility index (Phi) is 6.33. The molecule has 134 valence electrons. The van der Waals surface area contributed by atoms with E-state index < -0.39 is 5.97 Å². The van der Waals surface area contributed by atoms with Crippen molar-refractivity contribution in [1.82, 2.24) is 10.3 Å². The Morgan fingerprint density at radius 3 is 2.62 bits per heavy atom. The van der Waals surface area contributed by atoms with Gasteiger partial charge in [-0.2, -0.15) is 0 Å². The normalized spacial score (nSPS) is 10.6. The highest BCUT2D eigenvalue weighted by atomic mass is 32.1. The van der Waals surface area contributed by atoms with Crippen molar-refractivity contribution in [3.05, 3.63) is 65.2 Å². The maximum Gasteiger partial charge on any atom is 0.325 e. The van der Waals surface area contributed by atoms with Gasteiger partial charge in [0, 0.05) is 6.42 Å². The number of rotatable bonds is 8. The van der Waals surface area contributed by atoms with Crippen LogP contribution < -0.4 is 5.32 Å². The third-order valence-corrected chi connectivity index (χ3v) is 4.90. The number of amides is 1. The smallest absolute Gasteiger partial charge is 0.325 e. The Hall–Kier alpha value is -2.73. The summed E-state index contributed by atoms with van der Waals surface area (Å²) < 4.78 is 6.28. The molecule has 0 unspecified atom stereocenters. The number of para-hydroxylation sites is 1. The second-order valence-electron chi connectivity index (χ2n) is 5.85. The fourth-order valence-corrected chi connectivity index (χ4v) is 3.48. The SMILES string of the molecule is O=C(CCCc1nc2ccccc2s1)NCC(=O)OCc1ccccc1. The highest BCUT2D eigenvalue weighted by molar-refractivity contribution is 7.18. The Morgan fingerprint density at radius 1 is 1.04 bits per heavy atom. The Morgan fingerprint density at radius 2 is 1.81 bits per heavy atom. The zero-order valence-corrected chi connectivity index (χ0v) is 15.1. The number of aryl methyl sites for hydroxylation is 1. The van der Waals surface area contributed by atoms with Gasteiger partial charge in [0.05, 0.1) is 15.2 Å². The van der Waals surface area contributed by atoms with E-state index in [1.165, 1.54) is 0 Å². The van der Waals surface area contributed by atoms with Crippen molar-refractivity contribution >= 4 is 33.4 Å². The third kappa shape index (κ3) is 5.39. The first-order valence-electron chi connectivity index (χ1n) is 8.51. The summed E-state index contributed by atoms with van der Waals surface area (Å²) in [6.45, 7) is 0.111. The lowest BCUT2D eigenvalue weighted by atomic mass is 10.2. The van der Waals surface area contributed by atoms with Crippen LogP contribution in [0.5, 0.6) is 0 Å². The van der Waals surface area contributed by atoms with Crippen molar-refractivity contribution in [2.24, 2.45) is 0 Å². The molecule has 1 aromatic heterocycles. The van der Waals surface area contributed by atoms with Crippen molar-refractivity contribution in [2.75, 3.05) is 6.54 Å². The number of esters is 1. The average molecular weight is 368 g/mol. The van der Waals surface area contributed by atoms with Crippen LogP contribution >= 0.6 is 11.3 Å². The number of carbonyl (C=O) groups excluding carboxylic acids is 2. The molecular weight excluding hydrogens is 348 g/mol. The highest BCUT2D eigenvalue weighted by Gasteiger charge is 2.08. The quantitative estimate of drug-likeness (QED) is 0.618. The summed E-state index contributed by atoms with van der Waals surface area (Å²) in [6, 6.07) is 17.4. The van der Waals surface area contributed by atoms with Crippen LogP contribution in [0, 0.1) is 0 Å². The minimum atomic E-state index is -0.437. The molecule has 26 heavy (non-hydrogen) atoms. The van der Waals surface area contributed by atoms with Gasteiger partial charge in [0.1, 0.15) is 13.2 Å². The maximum atomic E-state index is 11.8. The molecule has 0 radical (unpaired) electrons. The van der Waals surface area contributed by atoms with E-state index in [9.17, 15) is 9.59 Å². The number of ether oxygens (including phenoxy) is 1. The molecule has 1 heterocycles. The summed E-state index contributed by atoms with van der Waals surface area (Å²) in [7, 11) is 0. The molecule has 1 N–H and O–H groups in total. The van der Waals surface area contributed by atoms with Gasteiger partial charge in [0.25, 0.3) is 0 Å². The maximum absolute atomic E-state index is 11.8. The van der Waals surface area contributed by atoms with Gasteiger partial charge in [-0.15, -0.1) is 11.3 Å². The van der Waals surface area contributed by atoms with Crippen LogP contribution in [0.4, 0.5) is 0 Å². The number of nitrogens with one attached hydrogen (secondary N) is 1. The molecule has 1 amide bonds. The van der Waals surface area contributed by atoms with E-state index >= 15 is 0 Å².